The fraction of sp³-hybridized carbons (Fsp3) is 0.412. The number of nitrogens with zero attached hydrogens (tertiary/aromatic N) is 2. The number of carbonyl (C=O) groups is 4. The highest BCUT2D eigenvalue weighted by Crippen LogP contribution is 2.60. The lowest BCUT2D eigenvalue weighted by atomic mass is 9.70. The Labute approximate surface area is 281 Å². The number of aliphatic hydroxyl groups excluding tert-OH is 1. The highest BCUT2D eigenvalue weighted by Gasteiger charge is 2.77. The largest absolute Gasteiger partial charge is 0.455 e. The maximum atomic E-state index is 14.5. The number of amides is 3. The first kappa shape index (κ1) is 33.8. The molecule has 3 heterocycles. The number of alkyl halides is 1. The maximum Gasteiger partial charge on any atom is 0.313 e. The second kappa shape index (κ2) is 14.5. The molecule has 3 aliphatic rings. The van der Waals surface area contributed by atoms with Crippen molar-refractivity contribution in [2.75, 3.05) is 31.1 Å². The number of benzene rings is 2. The van der Waals surface area contributed by atoms with E-state index in [1.165, 1.54) is 9.80 Å². The van der Waals surface area contributed by atoms with E-state index in [0.29, 0.717) is 29.1 Å². The van der Waals surface area contributed by atoms with Crippen molar-refractivity contribution >= 4 is 56.9 Å². The molecule has 1 spiro atoms. The number of β-amino-alcohol motifs (C(OH)–C–C–N with tert-alkyl or cyclic N) is 1. The van der Waals surface area contributed by atoms with E-state index in [9.17, 15) is 24.3 Å². The summed E-state index contributed by atoms with van der Waals surface area (Å²) in [4.78, 5) is 57.6. The lowest BCUT2D eigenvalue weighted by Gasteiger charge is -2.37. The molecule has 0 saturated carbocycles. The van der Waals surface area contributed by atoms with Gasteiger partial charge in [-0.05, 0) is 42.7 Å². The third kappa shape index (κ3) is 6.38. The van der Waals surface area contributed by atoms with Crippen LogP contribution in [0.5, 0.6) is 0 Å². The maximum absolute atomic E-state index is 14.5. The summed E-state index contributed by atoms with van der Waals surface area (Å²) in [5, 5.41) is 13.3. The molecule has 2 bridgehead atoms. The summed E-state index contributed by atoms with van der Waals surface area (Å²) in [5.74, 6) is -3.81. The van der Waals surface area contributed by atoms with Gasteiger partial charge in [0.05, 0.1) is 31.1 Å². The topological polar surface area (TPSA) is 125 Å². The van der Waals surface area contributed by atoms with E-state index in [1.54, 1.807) is 60.7 Å². The van der Waals surface area contributed by atoms with Gasteiger partial charge in [-0.25, -0.2) is 0 Å². The molecule has 0 aliphatic carbocycles. The molecule has 46 heavy (non-hydrogen) atoms. The van der Waals surface area contributed by atoms with Gasteiger partial charge in [-0.2, -0.15) is 0 Å². The molecule has 2 N–H and O–H groups in total. The number of carbonyl (C=O) groups excluding carboxylic acids is 4. The van der Waals surface area contributed by atoms with Gasteiger partial charge in [0.2, 0.25) is 11.8 Å². The second-order valence-electron chi connectivity index (χ2n) is 11.6. The summed E-state index contributed by atoms with van der Waals surface area (Å²) in [7, 11) is 0. The molecule has 10 nitrogen and oxygen atoms in total. The smallest absolute Gasteiger partial charge is 0.313 e. The van der Waals surface area contributed by atoms with E-state index in [0.717, 1.165) is 0 Å². The van der Waals surface area contributed by atoms with Gasteiger partial charge < -0.3 is 29.7 Å². The second-order valence-corrected chi connectivity index (χ2v) is 13.2. The SMILES string of the molecule is C=CCCC(=O)NC[C@H](OC(=O)[C@H]1[C@@H]2O[C@@]3(CC2Br)[C@@H]1C(=O)N(CCO)[C@@H]3C(=O)N(CC=C)c1ccc(Cl)cc1)c1ccccc1. The van der Waals surface area contributed by atoms with Crippen molar-refractivity contribution in [3.05, 3.63) is 90.5 Å². The number of hydrogen-bond acceptors (Lipinski definition) is 7. The number of aliphatic hydroxyl groups is 1. The van der Waals surface area contributed by atoms with Crippen LogP contribution in [0.2, 0.25) is 5.02 Å². The van der Waals surface area contributed by atoms with Crippen LogP contribution in [0.25, 0.3) is 0 Å². The Morgan fingerprint density at radius 3 is 2.54 bits per heavy atom. The van der Waals surface area contributed by atoms with Crippen LogP contribution in [-0.2, 0) is 28.7 Å². The van der Waals surface area contributed by atoms with Gasteiger partial charge in [0, 0.05) is 35.0 Å². The number of anilines is 1. The summed E-state index contributed by atoms with van der Waals surface area (Å²) in [6, 6.07) is 14.6. The normalized spacial score (nSPS) is 26.7. The van der Waals surface area contributed by atoms with Crippen molar-refractivity contribution in [3.8, 4) is 0 Å². The molecule has 0 radical (unpaired) electrons. The Kier molecular flexibility index (Phi) is 10.7. The minimum Gasteiger partial charge on any atom is -0.455 e. The zero-order valence-corrected chi connectivity index (χ0v) is 27.6. The first-order chi connectivity index (χ1) is 22.2. The zero-order valence-electron chi connectivity index (χ0n) is 25.2. The van der Waals surface area contributed by atoms with Gasteiger partial charge in [-0.1, -0.05) is 70.0 Å². The Balaban J connectivity index is 1.46. The van der Waals surface area contributed by atoms with Gasteiger partial charge in [0.25, 0.3) is 5.91 Å². The Bertz CT molecular complexity index is 1470. The zero-order chi connectivity index (χ0) is 33.0. The van der Waals surface area contributed by atoms with Crippen LogP contribution in [-0.4, -0.2) is 82.5 Å². The van der Waals surface area contributed by atoms with Gasteiger partial charge in [0.1, 0.15) is 17.7 Å². The number of fused-ring (bicyclic) bond motifs is 1. The first-order valence-corrected chi connectivity index (χ1v) is 16.5. The van der Waals surface area contributed by atoms with Crippen molar-refractivity contribution in [2.45, 2.75) is 47.9 Å². The van der Waals surface area contributed by atoms with Crippen molar-refractivity contribution < 1.29 is 33.8 Å². The predicted octanol–water partition coefficient (Wildman–Crippen LogP) is 3.97. The van der Waals surface area contributed by atoms with E-state index < -0.39 is 60.1 Å². The third-order valence-corrected chi connectivity index (χ3v) is 9.94. The minimum atomic E-state index is -1.35. The Hall–Kier alpha value is -3.51. The summed E-state index contributed by atoms with van der Waals surface area (Å²) in [6.45, 7) is 7.10. The molecule has 244 valence electrons. The molecule has 3 saturated heterocycles. The minimum absolute atomic E-state index is 0.0286. The first-order valence-electron chi connectivity index (χ1n) is 15.2. The molecule has 3 fully saturated rings. The number of likely N-dealkylation sites (tertiary alicyclic amines) is 1. The van der Waals surface area contributed by atoms with E-state index in [1.807, 2.05) is 6.07 Å². The molecule has 7 atom stereocenters. The number of esters is 1. The Morgan fingerprint density at radius 1 is 1.17 bits per heavy atom. The van der Waals surface area contributed by atoms with Crippen molar-refractivity contribution in [3.63, 3.8) is 0 Å². The summed E-state index contributed by atoms with van der Waals surface area (Å²) in [6.07, 6.45) is 2.70. The van der Waals surface area contributed by atoms with Gasteiger partial charge in [0.15, 0.2) is 0 Å². The van der Waals surface area contributed by atoms with E-state index >= 15 is 0 Å². The molecular weight excluding hydrogens is 678 g/mol. The van der Waals surface area contributed by atoms with Gasteiger partial charge in [-0.15, -0.1) is 13.2 Å². The number of rotatable bonds is 14. The van der Waals surface area contributed by atoms with Crippen LogP contribution in [0, 0.1) is 11.8 Å². The van der Waals surface area contributed by atoms with Crippen molar-refractivity contribution in [1.82, 2.24) is 10.2 Å². The highest BCUT2D eigenvalue weighted by atomic mass is 79.9. The van der Waals surface area contributed by atoms with Gasteiger partial charge in [-0.3, -0.25) is 19.2 Å². The highest BCUT2D eigenvalue weighted by molar-refractivity contribution is 9.09. The lowest BCUT2D eigenvalue weighted by molar-refractivity contribution is -0.160. The molecule has 1 unspecified atom stereocenters. The number of allylic oxidation sites excluding steroid dienone is 1. The standard InChI is InChI=1S/C34H37BrClN3O7/c1-3-5-11-26(41)37-20-25(21-9-7-6-8-10-21)45-33(44)27-28-31(42)39(17-18-40)30(34(28)19-24(35)29(27)46-34)32(43)38(16-4-2)23-14-12-22(36)13-15-23/h3-4,6-10,12-15,24-25,27-30,40H,1-2,5,11,16-20H2,(H,37,41)/t24?,25-,27+,28-,29+,30+,34-/m0/s1. The Morgan fingerprint density at radius 2 is 1.89 bits per heavy atom. The number of ether oxygens (including phenoxy) is 2. The van der Waals surface area contributed by atoms with Crippen molar-refractivity contribution in [1.29, 1.82) is 0 Å². The van der Waals surface area contributed by atoms with E-state index in [-0.39, 0.29) is 36.8 Å². The van der Waals surface area contributed by atoms with Crippen molar-refractivity contribution in [2.24, 2.45) is 11.8 Å². The van der Waals surface area contributed by atoms with Crippen LogP contribution in [0.4, 0.5) is 5.69 Å². The molecule has 5 rings (SSSR count). The van der Waals surface area contributed by atoms with Crippen LogP contribution < -0.4 is 10.2 Å². The number of halogens is 2. The number of hydrogen-bond donors (Lipinski definition) is 2. The molecular formula is C34H37BrClN3O7. The van der Waals surface area contributed by atoms with Crippen LogP contribution in [0.15, 0.2) is 79.9 Å². The average molecular weight is 715 g/mol. The molecule has 12 heteroatoms. The predicted molar refractivity (Wildman–Crippen MR) is 176 cm³/mol. The van der Waals surface area contributed by atoms with Crippen LogP contribution >= 0.6 is 27.5 Å². The molecule has 3 aliphatic heterocycles. The fourth-order valence-electron chi connectivity index (χ4n) is 6.89. The number of nitrogens with one attached hydrogen (secondary N) is 1. The molecule has 2 aromatic carbocycles. The average Bonchev–Trinajstić information content (AvgIpc) is 3.64. The quantitative estimate of drug-likeness (QED) is 0.173. The van der Waals surface area contributed by atoms with Crippen LogP contribution in [0.1, 0.15) is 30.9 Å². The summed E-state index contributed by atoms with van der Waals surface area (Å²) in [5.41, 5.74) is -0.131. The molecule has 2 aromatic rings. The molecule has 3 amide bonds. The fourth-order valence-corrected chi connectivity index (χ4v) is 7.96. The third-order valence-electron chi connectivity index (χ3n) is 8.84. The van der Waals surface area contributed by atoms with Gasteiger partial charge >= 0.3 is 5.97 Å². The van der Waals surface area contributed by atoms with Crippen LogP contribution in [0.3, 0.4) is 0 Å². The lowest BCUT2D eigenvalue weighted by Crippen LogP contribution is -2.57. The summed E-state index contributed by atoms with van der Waals surface area (Å²) < 4.78 is 12.6. The summed E-state index contributed by atoms with van der Waals surface area (Å²) >= 11 is 9.77. The van der Waals surface area contributed by atoms with E-state index in [2.05, 4.69) is 34.4 Å². The molecule has 0 aromatic heterocycles. The van der Waals surface area contributed by atoms with E-state index in [4.69, 9.17) is 21.1 Å². The monoisotopic (exact) mass is 713 g/mol.